The molecule has 2 atom stereocenters. The van der Waals surface area contributed by atoms with E-state index < -0.39 is 0 Å². The van der Waals surface area contributed by atoms with Gasteiger partial charge in [-0.25, -0.2) is 4.79 Å². The maximum atomic E-state index is 12.2. The number of nitrogens with zero attached hydrogens (tertiary/aromatic N) is 2. The molecule has 2 rings (SSSR count). The number of aliphatic hydroxyl groups is 1. The van der Waals surface area contributed by atoms with Crippen LogP contribution >= 0.6 is 0 Å². The third-order valence-electron chi connectivity index (χ3n) is 4.31. The molecular formula is C18H29N3O2. The van der Waals surface area contributed by atoms with Crippen LogP contribution < -0.4 is 5.32 Å². The van der Waals surface area contributed by atoms with Crippen LogP contribution in [-0.4, -0.2) is 59.8 Å². The molecule has 1 fully saturated rings. The SMILES string of the molecule is CC(O)CCN(C)C(=O)NC1CCCN(Cc2ccccc2)C1. The van der Waals surface area contributed by atoms with Crippen LogP contribution in [0.1, 0.15) is 31.7 Å². The minimum Gasteiger partial charge on any atom is -0.393 e. The molecule has 128 valence electrons. The van der Waals surface area contributed by atoms with Crippen molar-refractivity contribution < 1.29 is 9.90 Å². The summed E-state index contributed by atoms with van der Waals surface area (Å²) in [5.41, 5.74) is 1.31. The van der Waals surface area contributed by atoms with Crippen molar-refractivity contribution in [2.45, 2.75) is 44.9 Å². The maximum absolute atomic E-state index is 12.2. The zero-order chi connectivity index (χ0) is 16.7. The Kier molecular flexibility index (Phi) is 6.86. The molecule has 1 heterocycles. The van der Waals surface area contributed by atoms with Crippen molar-refractivity contribution in [3.8, 4) is 0 Å². The van der Waals surface area contributed by atoms with Gasteiger partial charge in [0.15, 0.2) is 0 Å². The van der Waals surface area contributed by atoms with E-state index in [-0.39, 0.29) is 18.2 Å². The van der Waals surface area contributed by atoms with Gasteiger partial charge in [-0.1, -0.05) is 30.3 Å². The van der Waals surface area contributed by atoms with Crippen LogP contribution in [0.4, 0.5) is 4.79 Å². The predicted molar refractivity (Wildman–Crippen MR) is 92.2 cm³/mol. The van der Waals surface area contributed by atoms with E-state index in [0.29, 0.717) is 13.0 Å². The van der Waals surface area contributed by atoms with E-state index in [1.165, 1.54) is 5.56 Å². The van der Waals surface area contributed by atoms with Gasteiger partial charge in [0.2, 0.25) is 0 Å². The highest BCUT2D eigenvalue weighted by molar-refractivity contribution is 5.74. The van der Waals surface area contributed by atoms with Crippen molar-refractivity contribution in [2.24, 2.45) is 0 Å². The minimum absolute atomic E-state index is 0.0442. The molecule has 0 saturated carbocycles. The van der Waals surface area contributed by atoms with Gasteiger partial charge in [0.05, 0.1) is 6.10 Å². The second kappa shape index (κ2) is 8.89. The summed E-state index contributed by atoms with van der Waals surface area (Å²) in [4.78, 5) is 16.3. The highest BCUT2D eigenvalue weighted by Gasteiger charge is 2.22. The Bertz CT molecular complexity index is 478. The van der Waals surface area contributed by atoms with Gasteiger partial charge in [-0.15, -0.1) is 0 Å². The molecule has 1 aromatic carbocycles. The first kappa shape index (κ1) is 17.8. The van der Waals surface area contributed by atoms with Crippen LogP contribution in [0.3, 0.4) is 0 Å². The molecule has 5 nitrogen and oxygen atoms in total. The Labute approximate surface area is 139 Å². The molecular weight excluding hydrogens is 290 g/mol. The summed E-state index contributed by atoms with van der Waals surface area (Å²) in [7, 11) is 1.78. The second-order valence-electron chi connectivity index (χ2n) is 6.57. The number of carbonyl (C=O) groups excluding carboxylic acids is 1. The van der Waals surface area contributed by atoms with Crippen LogP contribution in [0.15, 0.2) is 30.3 Å². The third-order valence-corrected chi connectivity index (χ3v) is 4.31. The van der Waals surface area contributed by atoms with E-state index >= 15 is 0 Å². The molecule has 0 radical (unpaired) electrons. The number of nitrogens with one attached hydrogen (secondary N) is 1. The van der Waals surface area contributed by atoms with Crippen molar-refractivity contribution in [1.29, 1.82) is 0 Å². The zero-order valence-electron chi connectivity index (χ0n) is 14.2. The Morgan fingerprint density at radius 3 is 2.87 bits per heavy atom. The van der Waals surface area contributed by atoms with Gasteiger partial charge in [0.25, 0.3) is 0 Å². The molecule has 2 N–H and O–H groups in total. The first-order chi connectivity index (χ1) is 11.0. The number of urea groups is 1. The van der Waals surface area contributed by atoms with Crippen LogP contribution in [0.25, 0.3) is 0 Å². The molecule has 1 aliphatic heterocycles. The summed E-state index contributed by atoms with van der Waals surface area (Å²) < 4.78 is 0. The number of likely N-dealkylation sites (tertiary alicyclic amines) is 1. The molecule has 23 heavy (non-hydrogen) atoms. The van der Waals surface area contributed by atoms with Gasteiger partial charge in [0.1, 0.15) is 0 Å². The largest absolute Gasteiger partial charge is 0.393 e. The number of benzene rings is 1. The molecule has 1 aliphatic rings. The van der Waals surface area contributed by atoms with E-state index in [2.05, 4.69) is 34.5 Å². The summed E-state index contributed by atoms with van der Waals surface area (Å²) in [5.74, 6) is 0. The summed E-state index contributed by atoms with van der Waals surface area (Å²) in [5, 5.41) is 12.4. The van der Waals surface area contributed by atoms with Gasteiger partial charge in [-0.3, -0.25) is 4.90 Å². The highest BCUT2D eigenvalue weighted by atomic mass is 16.3. The molecule has 1 saturated heterocycles. The number of amides is 2. The average Bonchev–Trinajstić information content (AvgIpc) is 2.53. The fourth-order valence-corrected chi connectivity index (χ4v) is 2.93. The number of piperidine rings is 1. The predicted octanol–water partition coefficient (Wildman–Crippen LogP) is 2.06. The number of hydrogen-bond acceptors (Lipinski definition) is 3. The van der Waals surface area contributed by atoms with Crippen LogP contribution in [0, 0.1) is 0 Å². The summed E-state index contributed by atoms with van der Waals surface area (Å²) >= 11 is 0. The standard InChI is InChI=1S/C18H29N3O2/c1-15(22)10-12-20(2)18(23)19-17-9-6-11-21(14-17)13-16-7-4-3-5-8-16/h3-5,7-8,15,17,22H,6,9-14H2,1-2H3,(H,19,23). The molecule has 0 bridgehead atoms. The van der Waals surface area contributed by atoms with Crippen LogP contribution in [0.2, 0.25) is 0 Å². The first-order valence-electron chi connectivity index (χ1n) is 8.50. The zero-order valence-corrected chi connectivity index (χ0v) is 14.2. The van der Waals surface area contributed by atoms with E-state index in [1.807, 2.05) is 6.07 Å². The smallest absolute Gasteiger partial charge is 0.317 e. The van der Waals surface area contributed by atoms with Crippen LogP contribution in [0.5, 0.6) is 0 Å². The van der Waals surface area contributed by atoms with Crippen molar-refractivity contribution in [1.82, 2.24) is 15.1 Å². The van der Waals surface area contributed by atoms with Crippen LogP contribution in [-0.2, 0) is 6.54 Å². The highest BCUT2D eigenvalue weighted by Crippen LogP contribution is 2.14. The molecule has 2 amide bonds. The fraction of sp³-hybridized carbons (Fsp3) is 0.611. The molecule has 2 unspecified atom stereocenters. The third kappa shape index (κ3) is 6.20. The van der Waals surface area contributed by atoms with E-state index in [1.54, 1.807) is 18.9 Å². The Balaban J connectivity index is 1.78. The van der Waals surface area contributed by atoms with Crippen molar-refractivity contribution in [2.75, 3.05) is 26.7 Å². The first-order valence-corrected chi connectivity index (χ1v) is 8.50. The number of carbonyl (C=O) groups is 1. The molecule has 0 aliphatic carbocycles. The lowest BCUT2D eigenvalue weighted by Gasteiger charge is -2.34. The number of hydrogen-bond donors (Lipinski definition) is 2. The molecule has 1 aromatic rings. The lowest BCUT2D eigenvalue weighted by molar-refractivity contribution is 0.153. The van der Waals surface area contributed by atoms with Gasteiger partial charge < -0.3 is 15.3 Å². The summed E-state index contributed by atoms with van der Waals surface area (Å²) in [6, 6.07) is 10.6. The van der Waals surface area contributed by atoms with Gasteiger partial charge >= 0.3 is 6.03 Å². The normalized spacial score (nSPS) is 20.0. The van der Waals surface area contributed by atoms with Gasteiger partial charge in [-0.05, 0) is 38.3 Å². The Hall–Kier alpha value is -1.59. The summed E-state index contributed by atoms with van der Waals surface area (Å²) in [6.45, 7) is 5.23. The van der Waals surface area contributed by atoms with Crippen molar-refractivity contribution >= 4 is 6.03 Å². The quantitative estimate of drug-likeness (QED) is 0.844. The monoisotopic (exact) mass is 319 g/mol. The molecule has 0 aromatic heterocycles. The average molecular weight is 319 g/mol. The van der Waals surface area contributed by atoms with E-state index in [4.69, 9.17) is 0 Å². The lowest BCUT2D eigenvalue weighted by atomic mass is 10.0. The lowest BCUT2D eigenvalue weighted by Crippen LogP contribution is -2.50. The second-order valence-corrected chi connectivity index (χ2v) is 6.57. The number of aliphatic hydroxyl groups excluding tert-OH is 1. The molecule has 0 spiro atoms. The maximum Gasteiger partial charge on any atom is 0.317 e. The van der Waals surface area contributed by atoms with E-state index in [9.17, 15) is 9.90 Å². The summed E-state index contributed by atoms with van der Waals surface area (Å²) in [6.07, 6.45) is 2.37. The fourth-order valence-electron chi connectivity index (χ4n) is 2.93. The topological polar surface area (TPSA) is 55.8 Å². The van der Waals surface area contributed by atoms with Crippen molar-refractivity contribution in [3.63, 3.8) is 0 Å². The van der Waals surface area contributed by atoms with Crippen molar-refractivity contribution in [3.05, 3.63) is 35.9 Å². The van der Waals surface area contributed by atoms with Gasteiger partial charge in [0, 0.05) is 32.7 Å². The van der Waals surface area contributed by atoms with Gasteiger partial charge in [-0.2, -0.15) is 0 Å². The Morgan fingerprint density at radius 2 is 2.17 bits per heavy atom. The Morgan fingerprint density at radius 1 is 1.43 bits per heavy atom. The molecule has 5 heteroatoms. The minimum atomic E-state index is -0.374. The van der Waals surface area contributed by atoms with E-state index in [0.717, 1.165) is 32.5 Å². The number of rotatable bonds is 6.